The third kappa shape index (κ3) is 14.5. The summed E-state index contributed by atoms with van der Waals surface area (Å²) < 4.78 is 0. The number of rotatable bonds is 12. The molecule has 3 aromatic carbocycles. The molecule has 1 aliphatic rings. The third-order valence-electron chi connectivity index (χ3n) is 8.23. The number of nitrogens with one attached hydrogen (secondary N) is 5. The third-order valence-corrected chi connectivity index (χ3v) is 10.9. The van der Waals surface area contributed by atoms with E-state index in [2.05, 4.69) is 40.5 Å². The molecule has 3 aromatic heterocycles. The number of aromatic amines is 3. The smallest absolute Gasteiger partial charge is 0.251 e. The first kappa shape index (κ1) is 46.3. The molecule has 0 bridgehead atoms. The second-order valence-electron chi connectivity index (χ2n) is 13.5. The molecule has 0 unspecified atom stereocenters. The van der Waals surface area contributed by atoms with Crippen LogP contribution in [-0.2, 0) is 21.8 Å². The van der Waals surface area contributed by atoms with Crippen LogP contribution >= 0.6 is 35.3 Å². The summed E-state index contributed by atoms with van der Waals surface area (Å²) in [5.74, 6) is -0.166. The normalized spacial score (nSPS) is 11.3. The van der Waals surface area contributed by atoms with E-state index in [1.165, 1.54) is 66.8 Å². The fourth-order valence-corrected chi connectivity index (χ4v) is 7.93. The predicted octanol–water partition coefficient (Wildman–Crippen LogP) is 5.34. The number of amides is 2. The van der Waals surface area contributed by atoms with Crippen molar-refractivity contribution >= 4 is 70.0 Å². The lowest BCUT2D eigenvalue weighted by Crippen LogP contribution is -2.10. The molecular formula is C42H40N8O9S3. The molecule has 0 aliphatic carbocycles. The van der Waals surface area contributed by atoms with E-state index in [4.69, 9.17) is 0 Å². The van der Waals surface area contributed by atoms with Gasteiger partial charge in [-0.1, -0.05) is 59.6 Å². The number of aromatic nitrogens is 6. The first-order valence-electron chi connectivity index (χ1n) is 18.5. The van der Waals surface area contributed by atoms with Gasteiger partial charge in [0.15, 0.2) is 38.5 Å². The van der Waals surface area contributed by atoms with E-state index >= 15 is 0 Å². The lowest BCUT2D eigenvalue weighted by molar-refractivity contribution is -0.115. The fraction of sp³-hybridized carbons (Fsp3) is 0.190. The molecule has 0 saturated heterocycles. The maximum Gasteiger partial charge on any atom is 0.251 e. The Balaban J connectivity index is 0.000000176. The highest BCUT2D eigenvalue weighted by atomic mass is 32.2. The Morgan fingerprint density at radius 3 is 1.60 bits per heavy atom. The number of anilines is 2. The van der Waals surface area contributed by atoms with Crippen LogP contribution in [0.2, 0.25) is 0 Å². The fourth-order valence-electron chi connectivity index (χ4n) is 5.42. The Kier molecular flexibility index (Phi) is 16.2. The quantitative estimate of drug-likeness (QED) is 0.0354. The van der Waals surface area contributed by atoms with Crippen molar-refractivity contribution in [3.63, 3.8) is 0 Å². The Morgan fingerprint density at radius 1 is 0.629 bits per heavy atom. The highest BCUT2D eigenvalue weighted by Gasteiger charge is 2.19. The average molecular weight is 897 g/mol. The van der Waals surface area contributed by atoms with Crippen LogP contribution in [0, 0.1) is 20.8 Å². The Hall–Kier alpha value is -6.77. The van der Waals surface area contributed by atoms with Crippen molar-refractivity contribution in [1.29, 1.82) is 0 Å². The SMILES string of the molecule is CC(=O)Nc1ccc(CSc2nc(C)cc(=O)[nH]2)cc1.Cc1cc(=O)[nH]c(SCC(=O)c2ccc(O)c(O)c2)n1.Cc1cc(=O)[nH]c(SCC(=O)c2ccc3c(c2)NC(=O)C3)n1. The summed E-state index contributed by atoms with van der Waals surface area (Å²) in [5.41, 5.74) is 5.52. The van der Waals surface area contributed by atoms with Gasteiger partial charge in [-0.15, -0.1) is 0 Å². The van der Waals surface area contributed by atoms with Crippen molar-refractivity contribution in [3.8, 4) is 11.5 Å². The monoisotopic (exact) mass is 896 g/mol. The highest BCUT2D eigenvalue weighted by molar-refractivity contribution is 8.00. The molecule has 320 valence electrons. The molecule has 4 heterocycles. The molecule has 0 atom stereocenters. The Bertz CT molecular complexity index is 2810. The van der Waals surface area contributed by atoms with Crippen molar-refractivity contribution in [3.05, 3.63) is 149 Å². The van der Waals surface area contributed by atoms with E-state index in [9.17, 15) is 43.8 Å². The number of H-pyrrole nitrogens is 3. The van der Waals surface area contributed by atoms with Gasteiger partial charge in [0.1, 0.15) is 0 Å². The number of nitrogens with zero attached hydrogens (tertiary/aromatic N) is 3. The zero-order chi connectivity index (χ0) is 44.9. The number of phenolic OH excluding ortho intramolecular Hbond substituents is 2. The number of Topliss-reactive ketones (excluding diaryl/α,β-unsaturated/α-hetero) is 2. The molecule has 62 heavy (non-hydrogen) atoms. The molecule has 7 rings (SSSR count). The van der Waals surface area contributed by atoms with Gasteiger partial charge in [-0.05, 0) is 68.3 Å². The Morgan fingerprint density at radius 2 is 1.11 bits per heavy atom. The number of carbonyl (C=O) groups excluding carboxylic acids is 4. The lowest BCUT2D eigenvalue weighted by Gasteiger charge is -2.04. The van der Waals surface area contributed by atoms with Crippen LogP contribution in [0.3, 0.4) is 0 Å². The second-order valence-corrected chi connectivity index (χ2v) is 16.4. The maximum absolute atomic E-state index is 12.2. The van der Waals surface area contributed by atoms with Crippen LogP contribution in [0.15, 0.2) is 109 Å². The minimum Gasteiger partial charge on any atom is -0.504 e. The Labute approximate surface area is 366 Å². The van der Waals surface area contributed by atoms with E-state index in [-0.39, 0.29) is 68.6 Å². The van der Waals surface area contributed by atoms with Crippen LogP contribution < -0.4 is 27.3 Å². The molecule has 20 heteroatoms. The second kappa shape index (κ2) is 21.7. The summed E-state index contributed by atoms with van der Waals surface area (Å²) in [6.07, 6.45) is 0.354. The minimum absolute atomic E-state index is 0.0597. The van der Waals surface area contributed by atoms with Gasteiger partial charge in [0, 0.05) is 70.5 Å². The van der Waals surface area contributed by atoms with E-state index in [0.29, 0.717) is 56.0 Å². The molecule has 17 nitrogen and oxygen atoms in total. The zero-order valence-corrected chi connectivity index (χ0v) is 36.1. The number of aryl methyl sites for hydroxylation is 3. The standard InChI is InChI=1S/C15H13N3O3S.C14H15N3O2S.C13H12N2O4S/c1-8-4-13(20)18-15(16-8)22-7-12(19)10-3-2-9-6-14(21)17-11(9)5-10;1-9-7-13(19)17-14(15-9)20-8-11-3-5-12(6-4-11)16-10(2)18;1-7-4-12(19)15-13(14-7)20-6-11(18)8-2-3-9(16)10(17)5-8/h2-5H,6-7H2,1H3,(H,17,21)(H,16,18,20);3-7H,8H2,1-2H3,(H,16,18)(H,15,17,19);2-5,16-17H,6H2,1H3,(H,14,15,19). The topological polar surface area (TPSA) is 270 Å². The van der Waals surface area contributed by atoms with Gasteiger partial charge in [0.05, 0.1) is 17.9 Å². The molecule has 0 fully saturated rings. The summed E-state index contributed by atoms with van der Waals surface area (Å²) in [7, 11) is 0. The van der Waals surface area contributed by atoms with Crippen molar-refractivity contribution in [2.45, 2.75) is 55.3 Å². The van der Waals surface area contributed by atoms with Crippen molar-refractivity contribution in [2.24, 2.45) is 0 Å². The van der Waals surface area contributed by atoms with Crippen LogP contribution in [0.25, 0.3) is 0 Å². The van der Waals surface area contributed by atoms with E-state index in [0.717, 1.165) is 28.6 Å². The number of phenols is 2. The van der Waals surface area contributed by atoms with Gasteiger partial charge < -0.3 is 35.8 Å². The van der Waals surface area contributed by atoms with Crippen LogP contribution in [0.1, 0.15) is 55.8 Å². The van der Waals surface area contributed by atoms with Crippen LogP contribution in [0.4, 0.5) is 11.4 Å². The number of fused-ring (bicyclic) bond motifs is 1. The largest absolute Gasteiger partial charge is 0.504 e. The zero-order valence-electron chi connectivity index (χ0n) is 33.7. The van der Waals surface area contributed by atoms with E-state index in [1.807, 2.05) is 24.3 Å². The molecule has 0 radical (unpaired) electrons. The maximum atomic E-state index is 12.2. The average Bonchev–Trinajstić information content (AvgIpc) is 3.58. The van der Waals surface area contributed by atoms with Gasteiger partial charge >= 0.3 is 0 Å². The van der Waals surface area contributed by atoms with E-state index in [1.54, 1.807) is 39.0 Å². The molecular weight excluding hydrogens is 857 g/mol. The lowest BCUT2D eigenvalue weighted by atomic mass is 10.1. The predicted molar refractivity (Wildman–Crippen MR) is 238 cm³/mol. The van der Waals surface area contributed by atoms with Crippen LogP contribution in [0.5, 0.6) is 11.5 Å². The summed E-state index contributed by atoms with van der Waals surface area (Å²) >= 11 is 3.75. The van der Waals surface area contributed by atoms with Gasteiger partial charge in [0.25, 0.3) is 16.7 Å². The molecule has 2 amide bonds. The summed E-state index contributed by atoms with van der Waals surface area (Å²) in [6, 6.07) is 20.9. The van der Waals surface area contributed by atoms with Gasteiger partial charge in [0.2, 0.25) is 11.8 Å². The number of hydrogen-bond acceptors (Lipinski definition) is 15. The number of carbonyl (C=O) groups is 4. The highest BCUT2D eigenvalue weighted by Crippen LogP contribution is 2.27. The summed E-state index contributed by atoms with van der Waals surface area (Å²) in [4.78, 5) is 101. The van der Waals surface area contributed by atoms with Gasteiger partial charge in [-0.2, -0.15) is 0 Å². The molecule has 7 N–H and O–H groups in total. The van der Waals surface area contributed by atoms with Crippen molar-refractivity contribution in [2.75, 3.05) is 22.1 Å². The molecule has 0 saturated carbocycles. The van der Waals surface area contributed by atoms with Crippen LogP contribution in [-0.4, -0.2) is 75.0 Å². The number of hydrogen-bond donors (Lipinski definition) is 7. The molecule has 1 aliphatic heterocycles. The number of ketones is 2. The summed E-state index contributed by atoms with van der Waals surface area (Å²) in [5, 5.41) is 25.4. The minimum atomic E-state index is -0.345. The van der Waals surface area contributed by atoms with Gasteiger partial charge in [-0.3, -0.25) is 33.6 Å². The number of thioether (sulfide) groups is 3. The molecule has 0 spiro atoms. The van der Waals surface area contributed by atoms with Crippen molar-refractivity contribution in [1.82, 2.24) is 29.9 Å². The van der Waals surface area contributed by atoms with Crippen molar-refractivity contribution < 1.29 is 29.4 Å². The summed E-state index contributed by atoms with van der Waals surface area (Å²) in [6.45, 7) is 6.69. The molecule has 6 aromatic rings. The number of aromatic hydroxyl groups is 2. The first-order valence-corrected chi connectivity index (χ1v) is 21.5. The van der Waals surface area contributed by atoms with Gasteiger partial charge in [-0.25, -0.2) is 15.0 Å². The van der Waals surface area contributed by atoms with E-state index < -0.39 is 0 Å². The first-order chi connectivity index (χ1) is 29.5. The number of benzene rings is 3.